The molecule has 2 aromatic heterocycles. The zero-order valence-electron chi connectivity index (χ0n) is 16.1. The van der Waals surface area contributed by atoms with Crippen LogP contribution in [0.3, 0.4) is 0 Å². The number of hydrogen-bond acceptors (Lipinski definition) is 5. The second-order valence-electron chi connectivity index (χ2n) is 6.80. The van der Waals surface area contributed by atoms with Crippen LogP contribution in [0.2, 0.25) is 0 Å². The van der Waals surface area contributed by atoms with E-state index in [0.29, 0.717) is 28.8 Å². The molecule has 0 fully saturated rings. The van der Waals surface area contributed by atoms with E-state index in [0.717, 1.165) is 16.5 Å². The topological polar surface area (TPSA) is 81.4 Å². The van der Waals surface area contributed by atoms with E-state index in [1.165, 1.54) is 0 Å². The number of aryl methyl sites for hydroxylation is 1. The molecule has 146 valence electrons. The molecule has 2 aromatic carbocycles. The molecule has 0 aliphatic heterocycles. The largest absolute Gasteiger partial charge is 0.480 e. The molecule has 4 aromatic rings. The van der Waals surface area contributed by atoms with Crippen LogP contribution >= 0.6 is 0 Å². The number of rotatable bonds is 5. The van der Waals surface area contributed by atoms with E-state index in [1.54, 1.807) is 31.3 Å². The van der Waals surface area contributed by atoms with Crippen LogP contribution in [0, 0.1) is 6.92 Å². The van der Waals surface area contributed by atoms with Crippen LogP contribution in [0.1, 0.15) is 18.2 Å². The molecule has 0 aliphatic carbocycles. The summed E-state index contributed by atoms with van der Waals surface area (Å²) in [5, 5.41) is 5.01. The molecular weight excluding hydrogens is 368 g/mol. The summed E-state index contributed by atoms with van der Waals surface area (Å²) < 4.78 is 11.4. The first kappa shape index (κ1) is 18.7. The van der Waals surface area contributed by atoms with E-state index in [2.05, 4.69) is 10.3 Å². The first-order valence-corrected chi connectivity index (χ1v) is 9.34. The predicted octanol–water partition coefficient (Wildman–Crippen LogP) is 3.73. The van der Waals surface area contributed by atoms with Gasteiger partial charge < -0.3 is 14.5 Å². The van der Waals surface area contributed by atoms with Gasteiger partial charge in [0.1, 0.15) is 11.3 Å². The summed E-state index contributed by atoms with van der Waals surface area (Å²) in [7, 11) is 0. The molecule has 0 saturated carbocycles. The quantitative estimate of drug-likeness (QED) is 0.416. The van der Waals surface area contributed by atoms with Crippen molar-refractivity contribution in [3.05, 3.63) is 82.5 Å². The molecule has 0 bridgehead atoms. The number of carbonyl (C=O) groups is 1. The van der Waals surface area contributed by atoms with Gasteiger partial charge in [-0.3, -0.25) is 9.78 Å². The van der Waals surface area contributed by atoms with Crippen molar-refractivity contribution in [1.29, 1.82) is 0 Å². The minimum atomic E-state index is -0.720. The van der Waals surface area contributed by atoms with E-state index in [-0.39, 0.29) is 5.91 Å². The first-order chi connectivity index (χ1) is 14.0. The molecule has 6 heteroatoms. The van der Waals surface area contributed by atoms with Gasteiger partial charge in [-0.05, 0) is 49.6 Å². The average Bonchev–Trinajstić information content (AvgIpc) is 2.75. The number of hydrogen-bond donors (Lipinski definition) is 1. The summed E-state index contributed by atoms with van der Waals surface area (Å²) in [5.41, 5.74) is 1.51. The maximum absolute atomic E-state index is 12.4. The zero-order chi connectivity index (χ0) is 20.4. The highest BCUT2D eigenvalue weighted by molar-refractivity contribution is 6.05. The molecule has 6 nitrogen and oxygen atoms in total. The molecule has 0 radical (unpaired) electrons. The Hall–Kier alpha value is -3.67. The van der Waals surface area contributed by atoms with E-state index in [4.69, 9.17) is 9.15 Å². The van der Waals surface area contributed by atoms with Crippen LogP contribution in [-0.2, 0) is 11.3 Å². The molecule has 4 rings (SSSR count). The third-order valence-corrected chi connectivity index (χ3v) is 4.83. The number of ether oxygens (including phenoxy) is 1. The minimum absolute atomic E-state index is 0.255. The number of pyridine rings is 1. The Balaban J connectivity index is 1.57. The normalized spacial score (nSPS) is 12.1. The number of aromatic nitrogens is 1. The highest BCUT2D eigenvalue weighted by Gasteiger charge is 2.18. The summed E-state index contributed by atoms with van der Waals surface area (Å²) >= 11 is 0. The van der Waals surface area contributed by atoms with E-state index in [1.807, 2.05) is 43.3 Å². The summed E-state index contributed by atoms with van der Waals surface area (Å²) in [6, 6.07) is 16.5. The van der Waals surface area contributed by atoms with Gasteiger partial charge in [-0.2, -0.15) is 0 Å². The van der Waals surface area contributed by atoms with Crippen LogP contribution in [0.15, 0.2) is 70.0 Å². The van der Waals surface area contributed by atoms with Gasteiger partial charge in [0.25, 0.3) is 5.91 Å². The average molecular weight is 388 g/mol. The number of nitrogens with one attached hydrogen (secondary N) is 1. The van der Waals surface area contributed by atoms with Crippen LogP contribution < -0.4 is 15.7 Å². The van der Waals surface area contributed by atoms with Crippen LogP contribution in [0.4, 0.5) is 0 Å². The summed E-state index contributed by atoms with van der Waals surface area (Å²) in [4.78, 5) is 28.9. The highest BCUT2D eigenvalue weighted by atomic mass is 16.5. The predicted molar refractivity (Wildman–Crippen MR) is 111 cm³/mol. The monoisotopic (exact) mass is 388 g/mol. The third kappa shape index (κ3) is 3.69. The van der Waals surface area contributed by atoms with Crippen molar-refractivity contribution in [1.82, 2.24) is 10.3 Å². The van der Waals surface area contributed by atoms with Crippen molar-refractivity contribution in [2.24, 2.45) is 0 Å². The molecule has 0 saturated heterocycles. The molecule has 0 aliphatic rings. The molecule has 1 N–H and O–H groups in total. The third-order valence-electron chi connectivity index (χ3n) is 4.83. The van der Waals surface area contributed by atoms with Gasteiger partial charge in [0.15, 0.2) is 6.10 Å². The van der Waals surface area contributed by atoms with Gasteiger partial charge in [-0.25, -0.2) is 4.79 Å². The maximum atomic E-state index is 12.4. The molecule has 29 heavy (non-hydrogen) atoms. The van der Waals surface area contributed by atoms with Crippen molar-refractivity contribution in [2.45, 2.75) is 26.5 Å². The second-order valence-corrected chi connectivity index (χ2v) is 6.80. The Kier molecular flexibility index (Phi) is 4.99. The molecule has 2 heterocycles. The highest BCUT2D eigenvalue weighted by Crippen LogP contribution is 2.31. The lowest BCUT2D eigenvalue weighted by Gasteiger charge is -2.17. The number of carbonyl (C=O) groups excluding carboxylic acids is 1. The van der Waals surface area contributed by atoms with Crippen LogP contribution in [0.25, 0.3) is 21.7 Å². The van der Waals surface area contributed by atoms with Crippen molar-refractivity contribution in [3.63, 3.8) is 0 Å². The number of amides is 1. The number of fused-ring (bicyclic) bond motifs is 3. The fourth-order valence-electron chi connectivity index (χ4n) is 3.26. The Morgan fingerprint density at radius 3 is 2.59 bits per heavy atom. The molecule has 1 atom stereocenters. The zero-order valence-corrected chi connectivity index (χ0v) is 16.1. The Bertz CT molecular complexity index is 1250. The smallest absolute Gasteiger partial charge is 0.344 e. The fraction of sp³-hybridized carbons (Fsp3) is 0.174. The summed E-state index contributed by atoms with van der Waals surface area (Å²) in [5.74, 6) is 0.242. The lowest BCUT2D eigenvalue weighted by atomic mass is 10.0. The van der Waals surface area contributed by atoms with Crippen molar-refractivity contribution < 1.29 is 13.9 Å². The van der Waals surface area contributed by atoms with Gasteiger partial charge in [-0.1, -0.05) is 24.3 Å². The van der Waals surface area contributed by atoms with Crippen LogP contribution in [0.5, 0.6) is 5.75 Å². The summed E-state index contributed by atoms with van der Waals surface area (Å²) in [6.07, 6.45) is 0.958. The van der Waals surface area contributed by atoms with E-state index in [9.17, 15) is 9.59 Å². The van der Waals surface area contributed by atoms with Gasteiger partial charge in [0.2, 0.25) is 0 Å². The van der Waals surface area contributed by atoms with Crippen molar-refractivity contribution in [3.8, 4) is 5.75 Å². The summed E-state index contributed by atoms with van der Waals surface area (Å²) in [6.45, 7) is 3.81. The number of nitrogens with zero attached hydrogens (tertiary/aromatic N) is 1. The maximum Gasteiger partial charge on any atom is 0.344 e. The van der Waals surface area contributed by atoms with E-state index < -0.39 is 11.7 Å². The van der Waals surface area contributed by atoms with Crippen molar-refractivity contribution >= 4 is 27.6 Å². The second kappa shape index (κ2) is 7.75. The van der Waals surface area contributed by atoms with Gasteiger partial charge in [0.05, 0.1) is 17.6 Å². The van der Waals surface area contributed by atoms with Gasteiger partial charge in [0, 0.05) is 17.1 Å². The standard InChI is InChI=1S/C23H20N2O4/c1-14-20(28-15(2)22(26)25-13-16-7-5-6-12-24-16)11-10-18-17-8-3-4-9-19(17)23(27)29-21(14)18/h3-12,15H,13H2,1-2H3,(H,25,26)/t15-/m0/s1. The molecule has 0 spiro atoms. The molecule has 0 unspecified atom stereocenters. The Labute approximate surface area is 167 Å². The molecule has 1 amide bonds. The SMILES string of the molecule is Cc1c(O[C@@H](C)C(=O)NCc2ccccn2)ccc2c1oc(=O)c1ccccc12. The molecular formula is C23H20N2O4. The lowest BCUT2D eigenvalue weighted by Crippen LogP contribution is -2.36. The van der Waals surface area contributed by atoms with Gasteiger partial charge in [-0.15, -0.1) is 0 Å². The first-order valence-electron chi connectivity index (χ1n) is 9.34. The van der Waals surface area contributed by atoms with Crippen molar-refractivity contribution in [2.75, 3.05) is 0 Å². The number of benzene rings is 2. The minimum Gasteiger partial charge on any atom is -0.480 e. The lowest BCUT2D eigenvalue weighted by molar-refractivity contribution is -0.127. The van der Waals surface area contributed by atoms with Crippen LogP contribution in [-0.4, -0.2) is 17.0 Å². The van der Waals surface area contributed by atoms with Gasteiger partial charge >= 0.3 is 5.63 Å². The Morgan fingerprint density at radius 1 is 1.07 bits per heavy atom. The Morgan fingerprint density at radius 2 is 1.83 bits per heavy atom. The fourth-order valence-corrected chi connectivity index (χ4v) is 3.26. The van der Waals surface area contributed by atoms with E-state index >= 15 is 0 Å².